The minimum Gasteiger partial charge on any atom is -0.508 e. The first-order valence-electron chi connectivity index (χ1n) is 9.15. The van der Waals surface area contributed by atoms with Crippen molar-refractivity contribution in [3.63, 3.8) is 0 Å². The lowest BCUT2D eigenvalue weighted by Gasteiger charge is -2.19. The number of phenols is 2. The summed E-state index contributed by atoms with van der Waals surface area (Å²) in [6.45, 7) is 4.06. The van der Waals surface area contributed by atoms with Crippen molar-refractivity contribution in [2.45, 2.75) is 19.8 Å². The molecule has 0 aliphatic heterocycles. The summed E-state index contributed by atoms with van der Waals surface area (Å²) in [5.74, 6) is 0.642. The van der Waals surface area contributed by atoms with Gasteiger partial charge in [-0.25, -0.2) is 0 Å². The van der Waals surface area contributed by atoms with E-state index in [2.05, 4.69) is 49.4 Å². The molecule has 0 radical (unpaired) electrons. The molecule has 0 amide bonds. The molecule has 0 fully saturated rings. The standard InChI is InChI=1S/C25H22O2/c1-16-14-20(18-10-12-21(26)13-11-18)15-24(25(16)27)17(2)22-9-5-7-19-6-3-4-8-23(19)22/h3-15,17,26-27H,1-2H3. The van der Waals surface area contributed by atoms with Gasteiger partial charge < -0.3 is 10.2 Å². The SMILES string of the molecule is Cc1cc(-c2ccc(O)cc2)cc(C(C)c2cccc3ccccc23)c1O. The fraction of sp³-hybridized carbons (Fsp3) is 0.120. The Morgan fingerprint density at radius 2 is 1.41 bits per heavy atom. The predicted molar refractivity (Wildman–Crippen MR) is 111 cm³/mol. The molecule has 2 heteroatoms. The van der Waals surface area contributed by atoms with Crippen LogP contribution in [0.3, 0.4) is 0 Å². The van der Waals surface area contributed by atoms with Crippen LogP contribution in [0.15, 0.2) is 78.9 Å². The van der Waals surface area contributed by atoms with Crippen LogP contribution >= 0.6 is 0 Å². The van der Waals surface area contributed by atoms with Crippen molar-refractivity contribution in [2.24, 2.45) is 0 Å². The van der Waals surface area contributed by atoms with E-state index in [1.165, 1.54) is 16.3 Å². The topological polar surface area (TPSA) is 40.5 Å². The molecule has 0 heterocycles. The first kappa shape index (κ1) is 17.2. The highest BCUT2D eigenvalue weighted by Gasteiger charge is 2.18. The van der Waals surface area contributed by atoms with Crippen LogP contribution in [-0.4, -0.2) is 10.2 Å². The molecule has 1 atom stereocenters. The molecule has 2 nitrogen and oxygen atoms in total. The Morgan fingerprint density at radius 1 is 0.704 bits per heavy atom. The van der Waals surface area contributed by atoms with Gasteiger partial charge in [-0.05, 0) is 64.2 Å². The molecule has 0 aliphatic rings. The van der Waals surface area contributed by atoms with E-state index in [-0.39, 0.29) is 11.7 Å². The Morgan fingerprint density at radius 3 is 2.19 bits per heavy atom. The molecule has 0 bridgehead atoms. The summed E-state index contributed by atoms with van der Waals surface area (Å²) in [6, 6.07) is 25.9. The van der Waals surface area contributed by atoms with E-state index in [4.69, 9.17) is 0 Å². The van der Waals surface area contributed by atoms with Gasteiger partial charge in [0.1, 0.15) is 11.5 Å². The lowest BCUT2D eigenvalue weighted by atomic mass is 9.86. The Kier molecular flexibility index (Phi) is 4.33. The van der Waals surface area contributed by atoms with Crippen molar-refractivity contribution < 1.29 is 10.2 Å². The van der Waals surface area contributed by atoms with Crippen molar-refractivity contribution >= 4 is 10.8 Å². The third kappa shape index (κ3) is 3.15. The van der Waals surface area contributed by atoms with Crippen LogP contribution in [0.5, 0.6) is 11.5 Å². The summed E-state index contributed by atoms with van der Waals surface area (Å²) in [4.78, 5) is 0. The molecular weight excluding hydrogens is 332 g/mol. The monoisotopic (exact) mass is 354 g/mol. The fourth-order valence-corrected chi connectivity index (χ4v) is 3.75. The van der Waals surface area contributed by atoms with Crippen molar-refractivity contribution in [3.05, 3.63) is 95.6 Å². The molecule has 4 aromatic carbocycles. The van der Waals surface area contributed by atoms with Gasteiger partial charge in [0, 0.05) is 11.5 Å². The molecule has 2 N–H and O–H groups in total. The second-order valence-electron chi connectivity index (χ2n) is 7.07. The summed E-state index contributed by atoms with van der Waals surface area (Å²) in [5.41, 5.74) is 5.01. The zero-order valence-electron chi connectivity index (χ0n) is 15.5. The van der Waals surface area contributed by atoms with E-state index in [9.17, 15) is 10.2 Å². The minimum atomic E-state index is 0.0480. The van der Waals surface area contributed by atoms with E-state index in [1.807, 2.05) is 31.2 Å². The second-order valence-corrected chi connectivity index (χ2v) is 7.07. The third-order valence-electron chi connectivity index (χ3n) is 5.29. The average molecular weight is 354 g/mol. The van der Waals surface area contributed by atoms with Crippen LogP contribution < -0.4 is 0 Å². The van der Waals surface area contributed by atoms with Gasteiger partial charge in [0.2, 0.25) is 0 Å². The smallest absolute Gasteiger partial charge is 0.122 e. The van der Waals surface area contributed by atoms with E-state index >= 15 is 0 Å². The summed E-state index contributed by atoms with van der Waals surface area (Å²) >= 11 is 0. The van der Waals surface area contributed by atoms with Gasteiger partial charge in [0.05, 0.1) is 0 Å². The maximum Gasteiger partial charge on any atom is 0.122 e. The van der Waals surface area contributed by atoms with Crippen LogP contribution in [-0.2, 0) is 0 Å². The van der Waals surface area contributed by atoms with Crippen molar-refractivity contribution in [1.29, 1.82) is 0 Å². The molecule has 1 unspecified atom stereocenters. The molecule has 0 saturated heterocycles. The van der Waals surface area contributed by atoms with Crippen molar-refractivity contribution in [2.75, 3.05) is 0 Å². The molecule has 0 saturated carbocycles. The molecular formula is C25H22O2. The summed E-state index contributed by atoms with van der Waals surface area (Å²) in [5, 5.41) is 22.7. The number of benzene rings is 4. The number of hydrogen-bond acceptors (Lipinski definition) is 2. The van der Waals surface area contributed by atoms with Gasteiger partial charge >= 0.3 is 0 Å². The molecule has 134 valence electrons. The normalized spacial score (nSPS) is 12.2. The van der Waals surface area contributed by atoms with E-state index in [1.54, 1.807) is 12.1 Å². The molecule has 4 aromatic rings. The van der Waals surface area contributed by atoms with E-state index in [0.29, 0.717) is 5.75 Å². The number of hydrogen-bond donors (Lipinski definition) is 2. The summed E-state index contributed by atoms with van der Waals surface area (Å²) < 4.78 is 0. The zero-order chi connectivity index (χ0) is 19.0. The number of rotatable bonds is 3. The largest absolute Gasteiger partial charge is 0.508 e. The van der Waals surface area contributed by atoms with Crippen LogP contribution in [0, 0.1) is 6.92 Å². The lowest BCUT2D eigenvalue weighted by molar-refractivity contribution is 0.462. The third-order valence-corrected chi connectivity index (χ3v) is 5.29. The van der Waals surface area contributed by atoms with E-state index in [0.717, 1.165) is 22.3 Å². The van der Waals surface area contributed by atoms with Gasteiger partial charge in [-0.2, -0.15) is 0 Å². The Labute approximate surface area is 159 Å². The van der Waals surface area contributed by atoms with Crippen LogP contribution in [0.4, 0.5) is 0 Å². The highest BCUT2D eigenvalue weighted by molar-refractivity contribution is 5.86. The first-order valence-corrected chi connectivity index (χ1v) is 9.15. The molecule has 0 aromatic heterocycles. The van der Waals surface area contributed by atoms with Crippen LogP contribution in [0.2, 0.25) is 0 Å². The Hall–Kier alpha value is -3.26. The summed E-state index contributed by atoms with van der Waals surface area (Å²) in [6.07, 6.45) is 0. The molecule has 27 heavy (non-hydrogen) atoms. The van der Waals surface area contributed by atoms with E-state index < -0.39 is 0 Å². The van der Waals surface area contributed by atoms with Gasteiger partial charge in [0.25, 0.3) is 0 Å². The average Bonchev–Trinajstić information content (AvgIpc) is 2.69. The number of phenolic OH excluding ortho intramolecular Hbond substituents is 2. The van der Waals surface area contributed by atoms with Gasteiger partial charge in [-0.15, -0.1) is 0 Å². The maximum absolute atomic E-state index is 10.8. The molecule has 0 spiro atoms. The Bertz CT molecular complexity index is 1110. The van der Waals surface area contributed by atoms with Gasteiger partial charge in [-0.3, -0.25) is 0 Å². The van der Waals surface area contributed by atoms with Crippen LogP contribution in [0.1, 0.15) is 29.5 Å². The highest BCUT2D eigenvalue weighted by Crippen LogP contribution is 2.39. The van der Waals surface area contributed by atoms with Crippen LogP contribution in [0.25, 0.3) is 21.9 Å². The quantitative estimate of drug-likeness (QED) is 0.448. The highest BCUT2D eigenvalue weighted by atomic mass is 16.3. The summed E-state index contributed by atoms with van der Waals surface area (Å²) in [7, 11) is 0. The zero-order valence-corrected chi connectivity index (χ0v) is 15.5. The molecule has 4 rings (SSSR count). The maximum atomic E-state index is 10.8. The number of aromatic hydroxyl groups is 2. The lowest BCUT2D eigenvalue weighted by Crippen LogP contribution is -1.99. The molecule has 0 aliphatic carbocycles. The second kappa shape index (κ2) is 6.81. The van der Waals surface area contributed by atoms with Crippen molar-refractivity contribution in [3.8, 4) is 22.6 Å². The fourth-order valence-electron chi connectivity index (χ4n) is 3.75. The Balaban J connectivity index is 1.86. The minimum absolute atomic E-state index is 0.0480. The van der Waals surface area contributed by atoms with Gasteiger partial charge in [0.15, 0.2) is 0 Å². The number of aryl methyl sites for hydroxylation is 1. The number of fused-ring (bicyclic) bond motifs is 1. The first-order chi connectivity index (χ1) is 13.0. The predicted octanol–water partition coefficient (Wildman–Crippen LogP) is 6.38. The van der Waals surface area contributed by atoms with Crippen molar-refractivity contribution in [1.82, 2.24) is 0 Å². The van der Waals surface area contributed by atoms with Gasteiger partial charge in [-0.1, -0.05) is 61.5 Å².